The molecule has 0 aliphatic heterocycles. The molecule has 4 rings (SSSR count). The lowest BCUT2D eigenvalue weighted by molar-refractivity contribution is -0.145. The van der Waals surface area contributed by atoms with Crippen molar-refractivity contribution in [3.8, 4) is 0 Å². The topological polar surface area (TPSA) is 58.2 Å². The number of ether oxygens (including phenoxy) is 1. The first-order chi connectivity index (χ1) is 15.3. The van der Waals surface area contributed by atoms with Gasteiger partial charge < -0.3 is 9.64 Å². The number of esters is 1. The predicted octanol–water partition coefficient (Wildman–Crippen LogP) is 6.13. The Kier molecular flexibility index (Phi) is 5.82. The first-order valence-electron chi connectivity index (χ1n) is 10.5. The van der Waals surface area contributed by atoms with Crippen LogP contribution >= 0.6 is 0 Å². The van der Waals surface area contributed by atoms with E-state index in [0.29, 0.717) is 17.0 Å². The molecule has 2 atom stereocenters. The Morgan fingerprint density at radius 3 is 2.66 bits per heavy atom. The van der Waals surface area contributed by atoms with Gasteiger partial charge in [-0.2, -0.15) is 5.10 Å². The number of halogens is 2. The minimum absolute atomic E-state index is 0.101. The molecular formula is C25H25F2N3O2. The number of anilines is 2. The van der Waals surface area contributed by atoms with Gasteiger partial charge in [0.25, 0.3) is 0 Å². The van der Waals surface area contributed by atoms with E-state index in [9.17, 15) is 13.6 Å². The highest BCUT2D eigenvalue weighted by Crippen LogP contribution is 2.47. The van der Waals surface area contributed by atoms with E-state index in [4.69, 9.17) is 4.74 Å². The molecule has 0 amide bonds. The molecule has 2 aromatic carbocycles. The van der Waals surface area contributed by atoms with Crippen molar-refractivity contribution < 1.29 is 18.3 Å². The Balaban J connectivity index is 1.95. The monoisotopic (exact) mass is 437 g/mol. The Morgan fingerprint density at radius 2 is 1.97 bits per heavy atom. The average Bonchev–Trinajstić information content (AvgIpc) is 3.44. The summed E-state index contributed by atoms with van der Waals surface area (Å²) >= 11 is 0. The summed E-state index contributed by atoms with van der Waals surface area (Å²) in [5.74, 6) is -2.52. The third-order valence-corrected chi connectivity index (χ3v) is 6.17. The number of hydrogen-bond acceptors (Lipinski definition) is 4. The maximum Gasteiger partial charge on any atom is 0.309 e. The van der Waals surface area contributed by atoms with Crippen LogP contribution in [-0.4, -0.2) is 23.3 Å². The molecule has 1 heterocycles. The Hall–Kier alpha value is -3.48. The molecule has 32 heavy (non-hydrogen) atoms. The third kappa shape index (κ3) is 3.79. The summed E-state index contributed by atoms with van der Waals surface area (Å²) < 4.78 is 33.0. The van der Waals surface area contributed by atoms with Crippen LogP contribution < -0.4 is 4.90 Å². The number of aromatic nitrogens is 2. The van der Waals surface area contributed by atoms with E-state index in [-0.39, 0.29) is 17.8 Å². The molecule has 3 aromatic rings. The van der Waals surface area contributed by atoms with Crippen LogP contribution in [0.5, 0.6) is 0 Å². The van der Waals surface area contributed by atoms with Crippen molar-refractivity contribution in [3.05, 3.63) is 78.2 Å². The van der Waals surface area contributed by atoms with Crippen LogP contribution in [0.3, 0.4) is 0 Å². The number of aromatic amines is 1. The Morgan fingerprint density at radius 1 is 1.19 bits per heavy atom. The molecule has 0 bridgehead atoms. The predicted molar refractivity (Wildman–Crippen MR) is 121 cm³/mol. The molecule has 166 valence electrons. The van der Waals surface area contributed by atoms with Crippen LogP contribution in [0.4, 0.5) is 20.2 Å². The van der Waals surface area contributed by atoms with Gasteiger partial charge in [-0.15, -0.1) is 0 Å². The van der Waals surface area contributed by atoms with Crippen LogP contribution in [-0.2, 0) is 9.53 Å². The second kappa shape index (κ2) is 8.57. The van der Waals surface area contributed by atoms with Crippen LogP contribution in [0, 0.1) is 17.6 Å². The summed E-state index contributed by atoms with van der Waals surface area (Å²) in [5, 5.41) is 7.96. The molecular weight excluding hydrogens is 412 g/mol. The number of carbonyl (C=O) groups excluding carboxylic acids is 1. The zero-order valence-corrected chi connectivity index (χ0v) is 18.1. The molecule has 1 saturated carbocycles. The van der Waals surface area contributed by atoms with Crippen LogP contribution in [0.15, 0.2) is 61.0 Å². The van der Waals surface area contributed by atoms with Crippen molar-refractivity contribution in [1.29, 1.82) is 0 Å². The zero-order chi connectivity index (χ0) is 23.0. The molecule has 1 aliphatic carbocycles. The van der Waals surface area contributed by atoms with Gasteiger partial charge in [-0.05, 0) is 61.1 Å². The number of nitrogens with one attached hydrogen (secondary N) is 1. The fourth-order valence-electron chi connectivity index (χ4n) is 4.51. The molecule has 5 nitrogen and oxygen atoms in total. The van der Waals surface area contributed by atoms with Gasteiger partial charge in [0.05, 0.1) is 30.4 Å². The lowest BCUT2D eigenvalue weighted by Crippen LogP contribution is -2.23. The fraction of sp³-hybridized carbons (Fsp3) is 0.280. The van der Waals surface area contributed by atoms with Gasteiger partial charge >= 0.3 is 5.97 Å². The fourth-order valence-corrected chi connectivity index (χ4v) is 4.51. The van der Waals surface area contributed by atoms with E-state index in [1.54, 1.807) is 18.0 Å². The van der Waals surface area contributed by atoms with E-state index in [2.05, 4.69) is 23.4 Å². The number of H-pyrrole nitrogens is 1. The Bertz CT molecular complexity index is 1220. The SMILES string of the molecule is C=C(C)C(=C)N(c1ccc(F)c(F)c1)c1cc2cn[nH]c2cc1C1CCC[C@@H]1C(=O)OC. The van der Waals surface area contributed by atoms with Crippen molar-refractivity contribution in [2.75, 3.05) is 12.0 Å². The van der Waals surface area contributed by atoms with Crippen molar-refractivity contribution in [2.24, 2.45) is 5.92 Å². The van der Waals surface area contributed by atoms with E-state index < -0.39 is 11.6 Å². The minimum atomic E-state index is -0.957. The quantitative estimate of drug-likeness (QED) is 0.373. The average molecular weight is 437 g/mol. The molecule has 0 radical (unpaired) electrons. The van der Waals surface area contributed by atoms with Gasteiger partial charge in [0.2, 0.25) is 0 Å². The van der Waals surface area contributed by atoms with Crippen LogP contribution in [0.2, 0.25) is 0 Å². The molecule has 7 heteroatoms. The van der Waals surface area contributed by atoms with E-state index in [0.717, 1.165) is 53.5 Å². The van der Waals surface area contributed by atoms with Crippen LogP contribution in [0.25, 0.3) is 10.9 Å². The maximum absolute atomic E-state index is 14.2. The molecule has 0 saturated heterocycles. The highest BCUT2D eigenvalue weighted by molar-refractivity contribution is 5.88. The van der Waals surface area contributed by atoms with Crippen molar-refractivity contribution in [3.63, 3.8) is 0 Å². The van der Waals surface area contributed by atoms with Gasteiger partial charge in [-0.1, -0.05) is 19.6 Å². The summed E-state index contributed by atoms with van der Waals surface area (Å²) in [5.41, 5.74) is 4.05. The number of carbonyl (C=O) groups is 1. The number of allylic oxidation sites excluding steroid dienone is 1. The first kappa shape index (κ1) is 21.7. The van der Waals surface area contributed by atoms with Gasteiger partial charge in [-0.3, -0.25) is 9.89 Å². The first-order valence-corrected chi connectivity index (χ1v) is 10.5. The highest BCUT2D eigenvalue weighted by atomic mass is 19.2. The summed E-state index contributed by atoms with van der Waals surface area (Å²) in [4.78, 5) is 14.3. The third-order valence-electron chi connectivity index (χ3n) is 6.17. The largest absolute Gasteiger partial charge is 0.469 e. The van der Waals surface area contributed by atoms with Gasteiger partial charge in [0.1, 0.15) is 0 Å². The van der Waals surface area contributed by atoms with Gasteiger partial charge in [0.15, 0.2) is 11.6 Å². The summed E-state index contributed by atoms with van der Waals surface area (Å²) in [7, 11) is 1.40. The standard InChI is InChI=1S/C25H25F2N3O2/c1-14(2)15(3)30(17-8-9-21(26)22(27)11-17)24-10-16-13-28-29-23(16)12-20(24)18-6-5-7-19(18)25(31)32-4/h8-13,18-19H,1,3,5-7H2,2,4H3,(H,28,29)/t18?,19-/m0/s1. The van der Waals surface area contributed by atoms with Crippen molar-refractivity contribution in [1.82, 2.24) is 10.2 Å². The lowest BCUT2D eigenvalue weighted by Gasteiger charge is -2.32. The molecule has 1 aromatic heterocycles. The molecule has 1 unspecified atom stereocenters. The van der Waals surface area contributed by atoms with Gasteiger partial charge in [-0.25, -0.2) is 8.78 Å². The zero-order valence-electron chi connectivity index (χ0n) is 18.1. The maximum atomic E-state index is 14.2. The van der Waals surface area contributed by atoms with Crippen molar-refractivity contribution >= 4 is 28.2 Å². The molecule has 0 spiro atoms. The second-order valence-corrected chi connectivity index (χ2v) is 8.20. The number of methoxy groups -OCH3 is 1. The van der Waals surface area contributed by atoms with Crippen LogP contribution in [0.1, 0.15) is 37.7 Å². The minimum Gasteiger partial charge on any atom is -0.469 e. The van der Waals surface area contributed by atoms with Gasteiger partial charge in [0, 0.05) is 22.8 Å². The summed E-state index contributed by atoms with van der Waals surface area (Å²) in [6, 6.07) is 7.63. The smallest absolute Gasteiger partial charge is 0.309 e. The number of rotatable bonds is 6. The summed E-state index contributed by atoms with van der Waals surface area (Å²) in [6.45, 7) is 9.97. The molecule has 1 N–H and O–H groups in total. The molecule has 1 aliphatic rings. The number of fused-ring (bicyclic) bond motifs is 1. The second-order valence-electron chi connectivity index (χ2n) is 8.20. The number of nitrogens with zero attached hydrogens (tertiary/aromatic N) is 2. The Labute approximate surface area is 185 Å². The summed E-state index contributed by atoms with van der Waals surface area (Å²) in [6.07, 6.45) is 4.11. The normalized spacial score (nSPS) is 18.0. The number of hydrogen-bond donors (Lipinski definition) is 1. The lowest BCUT2D eigenvalue weighted by atomic mass is 9.86. The highest BCUT2D eigenvalue weighted by Gasteiger charge is 2.37. The van der Waals surface area contributed by atoms with E-state index in [1.807, 2.05) is 12.1 Å². The number of benzene rings is 2. The molecule has 1 fully saturated rings. The van der Waals surface area contributed by atoms with E-state index in [1.165, 1.54) is 13.2 Å². The van der Waals surface area contributed by atoms with Crippen molar-refractivity contribution in [2.45, 2.75) is 32.1 Å². The van der Waals surface area contributed by atoms with E-state index >= 15 is 0 Å².